The number of hydrogen-bond acceptors (Lipinski definition) is 8. The van der Waals surface area contributed by atoms with Crippen molar-refractivity contribution in [1.82, 2.24) is 0 Å². The molecule has 0 saturated carbocycles. The molecular weight excluding hydrogens is 426 g/mol. The van der Waals surface area contributed by atoms with Gasteiger partial charge in [-0.05, 0) is 55.8 Å². The number of carbonyl (C=O) groups is 2. The second-order valence-electron chi connectivity index (χ2n) is 7.38. The Labute approximate surface area is 192 Å². The van der Waals surface area contributed by atoms with Gasteiger partial charge in [0.05, 0.1) is 45.5 Å². The van der Waals surface area contributed by atoms with Gasteiger partial charge in [-0.25, -0.2) is 9.59 Å². The fourth-order valence-corrected chi connectivity index (χ4v) is 4.14. The number of aromatic hydroxyl groups is 1. The lowest BCUT2D eigenvalue weighted by atomic mass is 9.79. The first-order chi connectivity index (χ1) is 15.8. The second-order valence-corrected chi connectivity index (χ2v) is 7.38. The Morgan fingerprint density at radius 3 is 1.79 bits per heavy atom. The summed E-state index contributed by atoms with van der Waals surface area (Å²) in [6, 6.07) is 12.0. The first-order valence-corrected chi connectivity index (χ1v) is 10.2. The van der Waals surface area contributed by atoms with Gasteiger partial charge in [0, 0.05) is 17.1 Å². The van der Waals surface area contributed by atoms with Gasteiger partial charge in [0.2, 0.25) is 0 Å². The molecule has 0 aliphatic carbocycles. The predicted octanol–water partition coefficient (Wildman–Crippen LogP) is 3.91. The van der Waals surface area contributed by atoms with Crippen LogP contribution in [-0.4, -0.2) is 45.5 Å². The number of ether oxygens (including phenoxy) is 4. The third kappa shape index (κ3) is 4.24. The molecule has 0 atom stereocenters. The van der Waals surface area contributed by atoms with Gasteiger partial charge in [0.25, 0.3) is 0 Å². The highest BCUT2D eigenvalue weighted by atomic mass is 16.5. The summed E-state index contributed by atoms with van der Waals surface area (Å²) in [6.07, 6.45) is 0. The Kier molecular flexibility index (Phi) is 6.96. The first-order valence-electron chi connectivity index (χ1n) is 10.2. The SMILES string of the molecule is COC(=O)C1=C(C)N(c2ccc(OC)cc2)C(C)=C(C(=O)OC)C1c1ccc(OC)c(O)c1. The molecule has 0 radical (unpaired) electrons. The lowest BCUT2D eigenvalue weighted by molar-refractivity contribution is -0.137. The monoisotopic (exact) mass is 453 g/mol. The van der Waals surface area contributed by atoms with Crippen LogP contribution in [0.25, 0.3) is 0 Å². The smallest absolute Gasteiger partial charge is 0.336 e. The summed E-state index contributed by atoms with van der Waals surface area (Å²) >= 11 is 0. The summed E-state index contributed by atoms with van der Waals surface area (Å²) in [5.41, 5.74) is 2.91. The molecule has 2 aromatic rings. The minimum absolute atomic E-state index is 0.115. The van der Waals surface area contributed by atoms with Crippen LogP contribution < -0.4 is 14.4 Å². The number of carbonyl (C=O) groups excluding carboxylic acids is 2. The average molecular weight is 453 g/mol. The maximum atomic E-state index is 13.0. The summed E-state index contributed by atoms with van der Waals surface area (Å²) in [7, 11) is 5.58. The second kappa shape index (κ2) is 9.68. The van der Waals surface area contributed by atoms with Crippen LogP contribution >= 0.6 is 0 Å². The highest BCUT2D eigenvalue weighted by molar-refractivity contribution is 6.01. The molecule has 0 fully saturated rings. The Morgan fingerprint density at radius 1 is 0.818 bits per heavy atom. The molecule has 0 saturated heterocycles. The van der Waals surface area contributed by atoms with E-state index in [1.165, 1.54) is 27.4 Å². The van der Waals surface area contributed by atoms with E-state index in [0.29, 0.717) is 22.7 Å². The van der Waals surface area contributed by atoms with E-state index in [1.807, 2.05) is 12.1 Å². The van der Waals surface area contributed by atoms with E-state index in [9.17, 15) is 14.7 Å². The largest absolute Gasteiger partial charge is 0.504 e. The van der Waals surface area contributed by atoms with Gasteiger partial charge >= 0.3 is 11.9 Å². The van der Waals surface area contributed by atoms with Crippen molar-refractivity contribution in [3.63, 3.8) is 0 Å². The molecular formula is C25H27NO7. The lowest BCUT2D eigenvalue weighted by Crippen LogP contribution is -2.35. The average Bonchev–Trinajstić information content (AvgIpc) is 2.83. The number of phenolic OH excluding ortho intramolecular Hbond substituents is 1. The topological polar surface area (TPSA) is 94.5 Å². The summed E-state index contributed by atoms with van der Waals surface area (Å²) in [4.78, 5) is 27.8. The molecule has 2 aromatic carbocycles. The number of hydrogen-bond donors (Lipinski definition) is 1. The van der Waals surface area contributed by atoms with Crippen LogP contribution in [0, 0.1) is 0 Å². The van der Waals surface area contributed by atoms with Crippen LogP contribution in [0.4, 0.5) is 5.69 Å². The summed E-state index contributed by atoms with van der Waals surface area (Å²) in [6.45, 7) is 3.56. The molecule has 8 heteroatoms. The van der Waals surface area contributed by atoms with Crippen molar-refractivity contribution in [1.29, 1.82) is 0 Å². The van der Waals surface area contributed by atoms with Crippen LogP contribution in [0.15, 0.2) is 65.0 Å². The van der Waals surface area contributed by atoms with Crippen molar-refractivity contribution in [2.75, 3.05) is 33.3 Å². The Bertz CT molecular complexity index is 1090. The number of methoxy groups -OCH3 is 4. The molecule has 0 amide bonds. The van der Waals surface area contributed by atoms with Gasteiger partial charge in [-0.1, -0.05) is 6.07 Å². The van der Waals surface area contributed by atoms with E-state index in [4.69, 9.17) is 18.9 Å². The van der Waals surface area contributed by atoms with E-state index in [0.717, 1.165) is 5.69 Å². The van der Waals surface area contributed by atoms with E-state index in [2.05, 4.69) is 0 Å². The highest BCUT2D eigenvalue weighted by Crippen LogP contribution is 2.46. The normalized spacial score (nSPS) is 14.3. The molecule has 0 spiro atoms. The maximum Gasteiger partial charge on any atom is 0.336 e. The zero-order valence-electron chi connectivity index (χ0n) is 19.5. The maximum absolute atomic E-state index is 13.0. The molecule has 3 rings (SSSR count). The number of anilines is 1. The Hall–Kier alpha value is -3.94. The molecule has 33 heavy (non-hydrogen) atoms. The Balaban J connectivity index is 2.31. The third-order valence-electron chi connectivity index (χ3n) is 5.71. The first kappa shape index (κ1) is 23.7. The zero-order valence-corrected chi connectivity index (χ0v) is 19.5. The lowest BCUT2D eigenvalue weighted by Gasteiger charge is -2.37. The minimum Gasteiger partial charge on any atom is -0.504 e. The fourth-order valence-electron chi connectivity index (χ4n) is 4.14. The van der Waals surface area contributed by atoms with E-state index in [1.54, 1.807) is 50.1 Å². The van der Waals surface area contributed by atoms with Gasteiger partial charge in [0.1, 0.15) is 5.75 Å². The van der Waals surface area contributed by atoms with Crippen molar-refractivity contribution in [2.24, 2.45) is 0 Å². The third-order valence-corrected chi connectivity index (χ3v) is 5.71. The number of phenols is 1. The quantitative estimate of drug-likeness (QED) is 0.658. The molecule has 1 heterocycles. The molecule has 0 bridgehead atoms. The molecule has 174 valence electrons. The van der Waals surface area contributed by atoms with Crippen LogP contribution in [0.1, 0.15) is 25.3 Å². The molecule has 8 nitrogen and oxygen atoms in total. The van der Waals surface area contributed by atoms with E-state index >= 15 is 0 Å². The van der Waals surface area contributed by atoms with Crippen molar-refractivity contribution < 1.29 is 33.6 Å². The number of esters is 2. The van der Waals surface area contributed by atoms with Gasteiger partial charge in [0.15, 0.2) is 11.5 Å². The van der Waals surface area contributed by atoms with Gasteiger partial charge in [-0.3, -0.25) is 0 Å². The van der Waals surface area contributed by atoms with Crippen LogP contribution in [0.2, 0.25) is 0 Å². The van der Waals surface area contributed by atoms with Crippen LogP contribution in [-0.2, 0) is 19.1 Å². The number of benzene rings is 2. The number of allylic oxidation sites excluding steroid dienone is 2. The molecule has 1 aliphatic rings. The van der Waals surface area contributed by atoms with Gasteiger partial charge < -0.3 is 29.0 Å². The van der Waals surface area contributed by atoms with Crippen molar-refractivity contribution >= 4 is 17.6 Å². The standard InChI is InChI=1S/C25H27NO7/c1-14-21(24(28)32-5)23(16-7-12-20(31-4)19(27)13-16)22(25(29)33-6)15(2)26(14)17-8-10-18(30-3)11-9-17/h7-13,23,27H,1-6H3. The number of nitrogens with zero attached hydrogens (tertiary/aromatic N) is 1. The predicted molar refractivity (Wildman–Crippen MR) is 122 cm³/mol. The Morgan fingerprint density at radius 2 is 1.36 bits per heavy atom. The van der Waals surface area contributed by atoms with E-state index < -0.39 is 17.9 Å². The van der Waals surface area contributed by atoms with Gasteiger partial charge in [-0.2, -0.15) is 0 Å². The molecule has 1 aliphatic heterocycles. The number of rotatable bonds is 6. The van der Waals surface area contributed by atoms with Crippen molar-refractivity contribution in [3.05, 3.63) is 70.6 Å². The summed E-state index contributed by atoms with van der Waals surface area (Å²) < 4.78 is 20.6. The summed E-state index contributed by atoms with van der Waals surface area (Å²) in [5, 5.41) is 10.4. The van der Waals surface area contributed by atoms with Crippen molar-refractivity contribution in [2.45, 2.75) is 19.8 Å². The molecule has 0 unspecified atom stereocenters. The summed E-state index contributed by atoms with van der Waals surface area (Å²) in [5.74, 6) is -1.19. The molecule has 1 N–H and O–H groups in total. The van der Waals surface area contributed by atoms with Crippen LogP contribution in [0.3, 0.4) is 0 Å². The van der Waals surface area contributed by atoms with Crippen LogP contribution in [0.5, 0.6) is 17.2 Å². The molecule has 0 aromatic heterocycles. The van der Waals surface area contributed by atoms with Gasteiger partial charge in [-0.15, -0.1) is 0 Å². The minimum atomic E-state index is -0.823. The zero-order chi connectivity index (χ0) is 24.3. The highest BCUT2D eigenvalue weighted by Gasteiger charge is 2.41. The fraction of sp³-hybridized carbons (Fsp3) is 0.280. The van der Waals surface area contributed by atoms with Crippen molar-refractivity contribution in [3.8, 4) is 17.2 Å². The van der Waals surface area contributed by atoms with E-state index in [-0.39, 0.29) is 22.6 Å².